The van der Waals surface area contributed by atoms with Gasteiger partial charge in [0.25, 0.3) is 0 Å². The van der Waals surface area contributed by atoms with Crippen molar-refractivity contribution in [3.8, 4) is 0 Å². The van der Waals surface area contributed by atoms with Gasteiger partial charge in [-0.05, 0) is 24.3 Å². The first-order chi connectivity index (χ1) is 8.20. The number of guanidine groups is 1. The van der Waals surface area contributed by atoms with Crippen molar-refractivity contribution < 1.29 is 4.58 Å². The second-order valence-electron chi connectivity index (χ2n) is 4.14. The summed E-state index contributed by atoms with van der Waals surface area (Å²) < 4.78 is 2.10. The van der Waals surface area contributed by atoms with Crippen LogP contribution in [0, 0.1) is 0 Å². The molecule has 1 aliphatic rings. The molecule has 1 aromatic carbocycles. The minimum atomic E-state index is 0.866. The Morgan fingerprint density at radius 1 is 1.24 bits per heavy atom. The zero-order chi connectivity index (χ0) is 12.3. The van der Waals surface area contributed by atoms with E-state index in [1.54, 1.807) is 0 Å². The molecule has 0 aliphatic carbocycles. The van der Waals surface area contributed by atoms with Crippen molar-refractivity contribution in [1.82, 2.24) is 4.90 Å². The number of likely N-dealkylation sites (N-methyl/N-ethyl adjacent to an activating group) is 2. The average Bonchev–Trinajstić information content (AvgIpc) is 2.67. The Morgan fingerprint density at radius 2 is 1.94 bits per heavy atom. The molecule has 0 amide bonds. The quantitative estimate of drug-likeness (QED) is 0.623. The molecule has 0 atom stereocenters. The lowest BCUT2D eigenvalue weighted by atomic mass is 10.3. The van der Waals surface area contributed by atoms with E-state index in [1.165, 1.54) is 0 Å². The topological polar surface area (TPSA) is 43.0 Å². The van der Waals surface area contributed by atoms with Gasteiger partial charge in [0.2, 0.25) is 0 Å². The lowest BCUT2D eigenvalue weighted by Crippen LogP contribution is -2.22. The summed E-state index contributed by atoms with van der Waals surface area (Å²) in [6.45, 7) is 2.01. The molecule has 0 aromatic heterocycles. The molecule has 0 spiro atoms. The molecule has 1 heterocycles. The summed E-state index contributed by atoms with van der Waals surface area (Å²) in [4.78, 5) is 2.10. The van der Waals surface area contributed by atoms with Gasteiger partial charge in [-0.15, -0.1) is 0 Å². The zero-order valence-corrected chi connectivity index (χ0v) is 10.5. The molecule has 0 saturated carbocycles. The molecule has 0 fully saturated rings. The first kappa shape index (κ1) is 11.6. The number of anilines is 1. The molecule has 0 saturated heterocycles. The lowest BCUT2D eigenvalue weighted by molar-refractivity contribution is -0.487. The summed E-state index contributed by atoms with van der Waals surface area (Å²) in [7, 11) is 5.96. The van der Waals surface area contributed by atoms with Crippen molar-refractivity contribution in [1.29, 1.82) is 0 Å². The van der Waals surface area contributed by atoms with Crippen LogP contribution in [0.15, 0.2) is 34.5 Å². The largest absolute Gasteiger partial charge is 0.412 e. The summed E-state index contributed by atoms with van der Waals surface area (Å²) >= 11 is 0. The van der Waals surface area contributed by atoms with Gasteiger partial charge in [0.1, 0.15) is 5.69 Å². The molecule has 1 N–H and O–H groups in total. The third-order valence-corrected chi connectivity index (χ3v) is 2.86. The van der Waals surface area contributed by atoms with Gasteiger partial charge in [-0.1, -0.05) is 5.11 Å². The van der Waals surface area contributed by atoms with E-state index in [0.29, 0.717) is 0 Å². The van der Waals surface area contributed by atoms with Gasteiger partial charge in [-0.3, -0.25) is 9.48 Å². The fourth-order valence-corrected chi connectivity index (χ4v) is 1.74. The summed E-state index contributed by atoms with van der Waals surface area (Å²) in [6.07, 6.45) is 0. The van der Waals surface area contributed by atoms with Gasteiger partial charge in [0, 0.05) is 17.8 Å². The Labute approximate surface area is 101 Å². The van der Waals surface area contributed by atoms with Gasteiger partial charge in [0.15, 0.2) is 0 Å². The normalized spacial score (nSPS) is 16.1. The molecular formula is C12H18N5+. The van der Waals surface area contributed by atoms with Crippen LogP contribution in [0.4, 0.5) is 11.4 Å². The highest BCUT2D eigenvalue weighted by Crippen LogP contribution is 2.16. The van der Waals surface area contributed by atoms with Crippen molar-refractivity contribution >= 4 is 17.3 Å². The first-order valence-corrected chi connectivity index (χ1v) is 5.69. The maximum absolute atomic E-state index is 4.28. The van der Waals surface area contributed by atoms with Crippen molar-refractivity contribution in [2.45, 2.75) is 0 Å². The monoisotopic (exact) mass is 232 g/mol. The molecule has 90 valence electrons. The zero-order valence-electron chi connectivity index (χ0n) is 10.5. The van der Waals surface area contributed by atoms with Crippen LogP contribution >= 0.6 is 0 Å². The Morgan fingerprint density at radius 3 is 2.47 bits per heavy atom. The van der Waals surface area contributed by atoms with Crippen LogP contribution in [-0.4, -0.2) is 49.7 Å². The van der Waals surface area contributed by atoms with Crippen molar-refractivity contribution in [3.05, 3.63) is 24.3 Å². The van der Waals surface area contributed by atoms with E-state index in [1.807, 2.05) is 45.4 Å². The summed E-state index contributed by atoms with van der Waals surface area (Å²) in [5.41, 5.74) is 1.94. The van der Waals surface area contributed by atoms with Crippen LogP contribution in [-0.2, 0) is 0 Å². The molecule has 0 unspecified atom stereocenters. The molecule has 1 aliphatic heterocycles. The first-order valence-electron chi connectivity index (χ1n) is 5.69. The van der Waals surface area contributed by atoms with Gasteiger partial charge in [0.05, 0.1) is 27.2 Å². The Balaban J connectivity index is 2.12. The van der Waals surface area contributed by atoms with Crippen LogP contribution in [0.5, 0.6) is 0 Å². The standard InChI is InChI=1S/C12H17N5/c1-13-10-4-6-11(7-5-10)14-15-12-16(2)8-9-17(12)3/h4-7H,8-9H2,1-3H3/p+1. The number of nitrogens with zero attached hydrogens (tertiary/aromatic N) is 4. The molecule has 2 rings (SSSR count). The van der Waals surface area contributed by atoms with Gasteiger partial charge in [-0.25, -0.2) is 0 Å². The number of azo groups is 1. The smallest absolute Gasteiger partial charge is 0.388 e. The van der Waals surface area contributed by atoms with Crippen LogP contribution in [0.1, 0.15) is 0 Å². The number of benzene rings is 1. The van der Waals surface area contributed by atoms with E-state index >= 15 is 0 Å². The fraction of sp³-hybridized carbons (Fsp3) is 0.417. The Bertz CT molecular complexity index is 446. The maximum atomic E-state index is 4.28. The van der Waals surface area contributed by atoms with E-state index in [-0.39, 0.29) is 0 Å². The number of hydrogen-bond donors (Lipinski definition) is 1. The molecular weight excluding hydrogens is 214 g/mol. The maximum Gasteiger partial charge on any atom is 0.412 e. The molecule has 0 bridgehead atoms. The average molecular weight is 232 g/mol. The third-order valence-electron chi connectivity index (χ3n) is 2.86. The summed E-state index contributed by atoms with van der Waals surface area (Å²) in [6, 6.07) is 7.87. The molecule has 5 nitrogen and oxygen atoms in total. The fourth-order valence-electron chi connectivity index (χ4n) is 1.74. The highest BCUT2D eigenvalue weighted by molar-refractivity contribution is 5.76. The van der Waals surface area contributed by atoms with E-state index in [4.69, 9.17) is 0 Å². The minimum Gasteiger partial charge on any atom is -0.388 e. The van der Waals surface area contributed by atoms with Crippen molar-refractivity contribution in [3.63, 3.8) is 0 Å². The molecule has 5 heteroatoms. The van der Waals surface area contributed by atoms with Crippen molar-refractivity contribution in [2.75, 3.05) is 39.5 Å². The molecule has 17 heavy (non-hydrogen) atoms. The van der Waals surface area contributed by atoms with Crippen LogP contribution in [0.2, 0.25) is 0 Å². The highest BCUT2D eigenvalue weighted by atomic mass is 15.4. The van der Waals surface area contributed by atoms with E-state index in [9.17, 15) is 0 Å². The Kier molecular flexibility index (Phi) is 3.37. The lowest BCUT2D eigenvalue weighted by Gasteiger charge is -1.99. The SMILES string of the molecule is CNc1ccc(N=NC2=[N+](C)CCN2C)cc1. The number of nitrogens with one attached hydrogen (secondary N) is 1. The van der Waals surface area contributed by atoms with Gasteiger partial charge >= 0.3 is 5.96 Å². The van der Waals surface area contributed by atoms with Gasteiger partial charge in [-0.2, -0.15) is 0 Å². The second kappa shape index (κ2) is 4.95. The van der Waals surface area contributed by atoms with E-state index in [0.717, 1.165) is 30.4 Å². The van der Waals surface area contributed by atoms with E-state index < -0.39 is 0 Å². The Hall–Kier alpha value is -1.91. The van der Waals surface area contributed by atoms with Crippen LogP contribution in [0.3, 0.4) is 0 Å². The third kappa shape index (κ3) is 2.61. The number of rotatable bonds is 2. The van der Waals surface area contributed by atoms with E-state index in [2.05, 4.69) is 25.0 Å². The highest BCUT2D eigenvalue weighted by Gasteiger charge is 2.24. The minimum absolute atomic E-state index is 0.866. The predicted molar refractivity (Wildman–Crippen MR) is 69.2 cm³/mol. The molecule has 0 radical (unpaired) electrons. The predicted octanol–water partition coefficient (Wildman–Crippen LogP) is 1.76. The van der Waals surface area contributed by atoms with Gasteiger partial charge < -0.3 is 5.32 Å². The summed E-state index contributed by atoms with van der Waals surface area (Å²) in [5, 5.41) is 11.6. The second-order valence-corrected chi connectivity index (χ2v) is 4.14. The van der Waals surface area contributed by atoms with Crippen LogP contribution in [0.25, 0.3) is 0 Å². The summed E-state index contributed by atoms with van der Waals surface area (Å²) in [5.74, 6) is 0.919. The van der Waals surface area contributed by atoms with Crippen LogP contribution < -0.4 is 5.32 Å². The number of hydrogen-bond acceptors (Lipinski definition) is 4. The van der Waals surface area contributed by atoms with Crippen molar-refractivity contribution in [2.24, 2.45) is 10.2 Å². The molecule has 1 aromatic rings.